The molecule has 1 aromatic rings. The molecule has 0 bridgehead atoms. The lowest BCUT2D eigenvalue weighted by Crippen LogP contribution is -2.01. The van der Waals surface area contributed by atoms with Crippen LogP contribution in [0, 0.1) is 0 Å². The fraction of sp³-hybridized carbons (Fsp3) is 0.636. The van der Waals surface area contributed by atoms with Crippen LogP contribution in [0.2, 0.25) is 0 Å². The Kier molecular flexibility index (Phi) is 2.70. The zero-order chi connectivity index (χ0) is 9.26. The van der Waals surface area contributed by atoms with Crippen LogP contribution in [0.5, 0.6) is 0 Å². The van der Waals surface area contributed by atoms with Crippen LogP contribution in [-0.4, -0.2) is 0 Å². The van der Waals surface area contributed by atoms with Crippen molar-refractivity contribution in [3.8, 4) is 0 Å². The molecule has 1 aliphatic carbocycles. The van der Waals surface area contributed by atoms with Crippen LogP contribution in [0.25, 0.3) is 0 Å². The zero-order valence-electron chi connectivity index (χ0n) is 8.12. The van der Waals surface area contributed by atoms with Gasteiger partial charge in [0, 0.05) is 15.8 Å². The summed E-state index contributed by atoms with van der Waals surface area (Å²) in [5.41, 5.74) is 5.84. The molecule has 0 amide bonds. The molecular formula is C11H17NS. The van der Waals surface area contributed by atoms with E-state index < -0.39 is 0 Å². The highest BCUT2D eigenvalue weighted by Crippen LogP contribution is 2.38. The van der Waals surface area contributed by atoms with Gasteiger partial charge in [0.1, 0.15) is 0 Å². The van der Waals surface area contributed by atoms with Crippen molar-refractivity contribution in [1.29, 1.82) is 0 Å². The normalized spacial score (nSPS) is 20.8. The van der Waals surface area contributed by atoms with E-state index in [4.69, 9.17) is 5.73 Å². The molecule has 72 valence electrons. The third-order valence-electron chi connectivity index (χ3n) is 2.85. The highest BCUT2D eigenvalue weighted by atomic mass is 32.1. The van der Waals surface area contributed by atoms with Crippen LogP contribution in [0.3, 0.4) is 0 Å². The van der Waals surface area contributed by atoms with Crippen molar-refractivity contribution in [2.24, 2.45) is 5.73 Å². The maximum absolute atomic E-state index is 5.84. The van der Waals surface area contributed by atoms with E-state index in [1.54, 1.807) is 4.88 Å². The van der Waals surface area contributed by atoms with Gasteiger partial charge in [-0.25, -0.2) is 0 Å². The van der Waals surface area contributed by atoms with Gasteiger partial charge in [-0.2, -0.15) is 0 Å². The molecule has 2 rings (SSSR count). The summed E-state index contributed by atoms with van der Waals surface area (Å²) >= 11 is 1.91. The molecule has 1 saturated carbocycles. The molecule has 0 saturated heterocycles. The van der Waals surface area contributed by atoms with E-state index >= 15 is 0 Å². The topological polar surface area (TPSA) is 26.0 Å². The van der Waals surface area contributed by atoms with E-state index in [2.05, 4.69) is 19.1 Å². The van der Waals surface area contributed by atoms with Crippen LogP contribution in [0.15, 0.2) is 12.1 Å². The monoisotopic (exact) mass is 195 g/mol. The largest absolute Gasteiger partial charge is 0.324 e. The van der Waals surface area contributed by atoms with Gasteiger partial charge in [-0.15, -0.1) is 11.3 Å². The highest BCUT2D eigenvalue weighted by Gasteiger charge is 2.18. The maximum atomic E-state index is 5.84. The molecular weight excluding hydrogens is 178 g/mol. The summed E-state index contributed by atoms with van der Waals surface area (Å²) in [6, 6.07) is 4.68. The molecule has 13 heavy (non-hydrogen) atoms. The Morgan fingerprint density at radius 1 is 1.38 bits per heavy atom. The van der Waals surface area contributed by atoms with E-state index in [-0.39, 0.29) is 6.04 Å². The third-order valence-corrected chi connectivity index (χ3v) is 4.30. The average Bonchev–Trinajstić information content (AvgIpc) is 2.75. The standard InChI is InChI=1S/C11H17NS/c1-8(12)10-6-7-11(13-10)9-4-2-3-5-9/h6-9H,2-5,12H2,1H3. The van der Waals surface area contributed by atoms with Crippen LogP contribution >= 0.6 is 11.3 Å². The van der Waals surface area contributed by atoms with E-state index in [1.165, 1.54) is 30.6 Å². The van der Waals surface area contributed by atoms with Crippen molar-refractivity contribution in [2.45, 2.75) is 44.6 Å². The minimum absolute atomic E-state index is 0.208. The van der Waals surface area contributed by atoms with Crippen LogP contribution in [-0.2, 0) is 0 Å². The molecule has 1 atom stereocenters. The second-order valence-corrected chi connectivity index (χ2v) is 5.16. The second-order valence-electron chi connectivity index (χ2n) is 4.01. The predicted molar refractivity (Wildman–Crippen MR) is 58.1 cm³/mol. The van der Waals surface area contributed by atoms with Crippen LogP contribution < -0.4 is 5.73 Å². The molecule has 1 heterocycles. The van der Waals surface area contributed by atoms with E-state index in [0.717, 1.165) is 5.92 Å². The van der Waals surface area contributed by atoms with Gasteiger partial charge in [0.05, 0.1) is 0 Å². The minimum atomic E-state index is 0.208. The second kappa shape index (κ2) is 3.81. The quantitative estimate of drug-likeness (QED) is 0.768. The molecule has 2 heteroatoms. The minimum Gasteiger partial charge on any atom is -0.324 e. The molecule has 0 aromatic carbocycles. The SMILES string of the molecule is CC(N)c1ccc(C2CCCC2)s1. The Morgan fingerprint density at radius 3 is 2.62 bits per heavy atom. The summed E-state index contributed by atoms with van der Waals surface area (Å²) < 4.78 is 0. The first-order valence-corrected chi connectivity index (χ1v) is 5.94. The summed E-state index contributed by atoms with van der Waals surface area (Å²) in [6.07, 6.45) is 5.60. The van der Waals surface area contributed by atoms with E-state index in [0.29, 0.717) is 0 Å². The van der Waals surface area contributed by atoms with Crippen molar-refractivity contribution in [3.05, 3.63) is 21.9 Å². The number of nitrogens with two attached hydrogens (primary N) is 1. The van der Waals surface area contributed by atoms with Gasteiger partial charge in [0.2, 0.25) is 0 Å². The molecule has 0 radical (unpaired) electrons. The van der Waals surface area contributed by atoms with Crippen molar-refractivity contribution in [2.75, 3.05) is 0 Å². The first-order valence-electron chi connectivity index (χ1n) is 5.12. The Bertz CT molecular complexity index is 271. The molecule has 1 nitrogen and oxygen atoms in total. The van der Waals surface area contributed by atoms with Crippen LogP contribution in [0.1, 0.15) is 54.3 Å². The molecule has 2 N–H and O–H groups in total. The lowest BCUT2D eigenvalue weighted by Gasteiger charge is -2.04. The fourth-order valence-electron chi connectivity index (χ4n) is 2.04. The van der Waals surface area contributed by atoms with Crippen molar-refractivity contribution >= 4 is 11.3 Å². The van der Waals surface area contributed by atoms with Crippen molar-refractivity contribution < 1.29 is 0 Å². The molecule has 0 aliphatic heterocycles. The Labute approximate surface area is 84.0 Å². The van der Waals surface area contributed by atoms with Gasteiger partial charge in [0.15, 0.2) is 0 Å². The molecule has 1 unspecified atom stereocenters. The van der Waals surface area contributed by atoms with Crippen molar-refractivity contribution in [1.82, 2.24) is 0 Å². The predicted octanol–water partition coefficient (Wildman–Crippen LogP) is 3.43. The van der Waals surface area contributed by atoms with Gasteiger partial charge >= 0.3 is 0 Å². The smallest absolute Gasteiger partial charge is 0.0361 e. The van der Waals surface area contributed by atoms with Gasteiger partial charge < -0.3 is 5.73 Å². The summed E-state index contributed by atoms with van der Waals surface area (Å²) in [5, 5.41) is 0. The van der Waals surface area contributed by atoms with E-state index in [1.807, 2.05) is 11.3 Å². The van der Waals surface area contributed by atoms with Gasteiger partial charge in [0.25, 0.3) is 0 Å². The summed E-state index contributed by atoms with van der Waals surface area (Å²) in [7, 11) is 0. The average molecular weight is 195 g/mol. The van der Waals surface area contributed by atoms with Crippen molar-refractivity contribution in [3.63, 3.8) is 0 Å². The molecule has 1 aromatic heterocycles. The first-order chi connectivity index (χ1) is 6.27. The maximum Gasteiger partial charge on any atom is 0.0361 e. The highest BCUT2D eigenvalue weighted by molar-refractivity contribution is 7.12. The number of hydrogen-bond acceptors (Lipinski definition) is 2. The summed E-state index contributed by atoms with van der Waals surface area (Å²) in [4.78, 5) is 2.90. The molecule has 0 spiro atoms. The Morgan fingerprint density at radius 2 is 2.08 bits per heavy atom. The van der Waals surface area contributed by atoms with E-state index in [9.17, 15) is 0 Å². The van der Waals surface area contributed by atoms with Gasteiger partial charge in [-0.1, -0.05) is 12.8 Å². The van der Waals surface area contributed by atoms with Gasteiger partial charge in [-0.05, 0) is 37.8 Å². The van der Waals surface area contributed by atoms with Gasteiger partial charge in [-0.3, -0.25) is 0 Å². The fourth-order valence-corrected chi connectivity index (χ4v) is 3.18. The lowest BCUT2D eigenvalue weighted by molar-refractivity contribution is 0.738. The number of hydrogen-bond donors (Lipinski definition) is 1. The molecule has 1 aliphatic rings. The van der Waals surface area contributed by atoms with Crippen LogP contribution in [0.4, 0.5) is 0 Å². The number of thiophene rings is 1. The molecule has 1 fully saturated rings. The number of rotatable bonds is 2. The summed E-state index contributed by atoms with van der Waals surface area (Å²) in [6.45, 7) is 2.06. The zero-order valence-corrected chi connectivity index (χ0v) is 8.94. The first kappa shape index (κ1) is 9.22. The third kappa shape index (κ3) is 1.94. The lowest BCUT2D eigenvalue weighted by atomic mass is 10.1. The summed E-state index contributed by atoms with van der Waals surface area (Å²) in [5.74, 6) is 0.845. The Hall–Kier alpha value is -0.340. The Balaban J connectivity index is 2.12.